The van der Waals surface area contributed by atoms with E-state index in [0.717, 1.165) is 31.8 Å². The molecule has 0 N–H and O–H groups in total. The fraction of sp³-hybridized carbons (Fsp3) is 0.308. The van der Waals surface area contributed by atoms with Crippen molar-refractivity contribution < 1.29 is 9.47 Å². The Kier molecular flexibility index (Phi) is 5.14. The molecule has 1 aromatic carbocycles. The number of halogens is 3. The van der Waals surface area contributed by atoms with E-state index in [1.165, 1.54) is 0 Å². The Balaban J connectivity index is 2.43. The molecule has 2 rings (SSSR count). The normalized spacial score (nSPS) is 10.7. The van der Waals surface area contributed by atoms with Gasteiger partial charge in [-0.3, -0.25) is 0 Å². The molecule has 0 unspecified atom stereocenters. The molecule has 0 aliphatic rings. The van der Waals surface area contributed by atoms with Crippen LogP contribution in [0.2, 0.25) is 0 Å². The van der Waals surface area contributed by atoms with Crippen molar-refractivity contribution in [2.45, 2.75) is 12.3 Å². The van der Waals surface area contributed by atoms with E-state index in [4.69, 9.17) is 9.47 Å². The highest BCUT2D eigenvalue weighted by atomic mass is 79.9. The maximum Gasteiger partial charge on any atom is 0.221 e. The van der Waals surface area contributed by atoms with Crippen molar-refractivity contribution in [2.75, 3.05) is 7.11 Å². The van der Waals surface area contributed by atoms with Crippen LogP contribution in [0, 0.1) is 6.92 Å². The zero-order valence-corrected chi connectivity index (χ0v) is 16.0. The highest BCUT2D eigenvalue weighted by molar-refractivity contribution is 9.11. The van der Waals surface area contributed by atoms with Crippen molar-refractivity contribution >= 4 is 47.8 Å². The molecule has 0 bridgehead atoms. The molecule has 4 nitrogen and oxygen atoms in total. The van der Waals surface area contributed by atoms with Gasteiger partial charge in [0.05, 0.1) is 21.7 Å². The first kappa shape index (κ1) is 15.9. The van der Waals surface area contributed by atoms with Gasteiger partial charge in [-0.05, 0) is 50.9 Å². The van der Waals surface area contributed by atoms with Crippen LogP contribution < -0.4 is 9.47 Å². The molecule has 20 heavy (non-hydrogen) atoms. The summed E-state index contributed by atoms with van der Waals surface area (Å²) in [6.45, 7) is 1.96. The maximum atomic E-state index is 6.00. The average Bonchev–Trinajstić information content (AvgIpc) is 2.67. The van der Waals surface area contributed by atoms with Gasteiger partial charge in [0, 0.05) is 17.9 Å². The van der Waals surface area contributed by atoms with Gasteiger partial charge >= 0.3 is 0 Å². The highest BCUT2D eigenvalue weighted by Gasteiger charge is 2.17. The van der Waals surface area contributed by atoms with Gasteiger partial charge in [-0.25, -0.2) is 4.68 Å². The molecule has 0 radical (unpaired) electrons. The smallest absolute Gasteiger partial charge is 0.221 e. The van der Waals surface area contributed by atoms with Gasteiger partial charge in [0.1, 0.15) is 11.5 Å². The predicted octanol–water partition coefficient (Wildman–Crippen LogP) is 4.95. The number of alkyl halides is 1. The Morgan fingerprint density at radius 3 is 2.40 bits per heavy atom. The van der Waals surface area contributed by atoms with E-state index in [1.54, 1.807) is 11.8 Å². The molecule has 2 aromatic rings. The van der Waals surface area contributed by atoms with Crippen LogP contribution in [-0.2, 0) is 12.4 Å². The number of methoxy groups -OCH3 is 1. The first-order valence-electron chi connectivity index (χ1n) is 5.77. The van der Waals surface area contributed by atoms with Gasteiger partial charge in [0.15, 0.2) is 0 Å². The number of hydrogen-bond acceptors (Lipinski definition) is 3. The fourth-order valence-corrected chi connectivity index (χ4v) is 3.34. The summed E-state index contributed by atoms with van der Waals surface area (Å²) >= 11 is 10.4. The van der Waals surface area contributed by atoms with E-state index in [2.05, 4.69) is 52.9 Å². The number of aryl methyl sites for hydroxylation is 2. The zero-order chi connectivity index (χ0) is 14.9. The van der Waals surface area contributed by atoms with Crippen molar-refractivity contribution in [1.82, 2.24) is 9.78 Å². The largest absolute Gasteiger partial charge is 0.496 e. The van der Waals surface area contributed by atoms with Gasteiger partial charge in [-0.15, -0.1) is 0 Å². The van der Waals surface area contributed by atoms with Crippen molar-refractivity contribution in [3.8, 4) is 17.4 Å². The minimum absolute atomic E-state index is 0.691. The standard InChI is InChI=1S/C13H13Br3N2O2/c1-7-8(6-14)13(18(2)17-7)20-12-5-9(15)11(19-3)4-10(12)16/h4-5H,6H2,1-3H3. The van der Waals surface area contributed by atoms with Crippen LogP contribution in [0.3, 0.4) is 0 Å². The second-order valence-corrected chi connectivity index (χ2v) is 6.41. The topological polar surface area (TPSA) is 36.3 Å². The summed E-state index contributed by atoms with van der Waals surface area (Å²) in [6, 6.07) is 3.72. The van der Waals surface area contributed by atoms with E-state index in [0.29, 0.717) is 11.1 Å². The first-order chi connectivity index (χ1) is 9.47. The maximum absolute atomic E-state index is 6.00. The molecule has 108 valence electrons. The molecule has 0 atom stereocenters. The molecular formula is C13H13Br3N2O2. The monoisotopic (exact) mass is 466 g/mol. The summed E-state index contributed by atoms with van der Waals surface area (Å²) in [5.74, 6) is 2.16. The second-order valence-electron chi connectivity index (χ2n) is 4.15. The summed E-state index contributed by atoms with van der Waals surface area (Å²) in [5, 5.41) is 5.07. The van der Waals surface area contributed by atoms with E-state index in [1.807, 2.05) is 26.1 Å². The quantitative estimate of drug-likeness (QED) is 0.596. The predicted molar refractivity (Wildman–Crippen MR) is 89.0 cm³/mol. The lowest BCUT2D eigenvalue weighted by molar-refractivity contribution is 0.404. The molecule has 7 heteroatoms. The van der Waals surface area contributed by atoms with Crippen molar-refractivity contribution in [3.05, 3.63) is 32.3 Å². The summed E-state index contributed by atoms with van der Waals surface area (Å²) in [7, 11) is 3.49. The molecule has 1 aromatic heterocycles. The summed E-state index contributed by atoms with van der Waals surface area (Å²) in [5.41, 5.74) is 1.98. The Bertz CT molecular complexity index is 641. The molecule has 0 saturated carbocycles. The summed E-state index contributed by atoms with van der Waals surface area (Å²) < 4.78 is 14.6. The van der Waals surface area contributed by atoms with E-state index in [-0.39, 0.29) is 0 Å². The molecule has 0 aliphatic carbocycles. The van der Waals surface area contributed by atoms with Gasteiger partial charge in [0.25, 0.3) is 0 Å². The van der Waals surface area contributed by atoms with Crippen LogP contribution in [0.25, 0.3) is 0 Å². The molecule has 0 saturated heterocycles. The molecule has 0 spiro atoms. The van der Waals surface area contributed by atoms with Crippen LogP contribution in [0.15, 0.2) is 21.1 Å². The zero-order valence-electron chi connectivity index (χ0n) is 11.2. The average molecular weight is 469 g/mol. The van der Waals surface area contributed by atoms with Crippen LogP contribution in [0.5, 0.6) is 17.4 Å². The van der Waals surface area contributed by atoms with E-state index < -0.39 is 0 Å². The Morgan fingerprint density at radius 1 is 1.20 bits per heavy atom. The van der Waals surface area contributed by atoms with Crippen LogP contribution in [0.4, 0.5) is 0 Å². The van der Waals surface area contributed by atoms with Gasteiger partial charge in [0.2, 0.25) is 5.88 Å². The van der Waals surface area contributed by atoms with E-state index in [9.17, 15) is 0 Å². The van der Waals surface area contributed by atoms with Crippen molar-refractivity contribution in [3.63, 3.8) is 0 Å². The third-order valence-corrected chi connectivity index (χ3v) is 4.64. The number of aromatic nitrogens is 2. The third-order valence-electron chi connectivity index (χ3n) is 2.84. The number of nitrogens with zero attached hydrogens (tertiary/aromatic N) is 2. The lowest BCUT2D eigenvalue weighted by Gasteiger charge is -2.12. The van der Waals surface area contributed by atoms with Gasteiger partial charge < -0.3 is 9.47 Å². The van der Waals surface area contributed by atoms with Crippen molar-refractivity contribution in [2.24, 2.45) is 7.05 Å². The highest BCUT2D eigenvalue weighted by Crippen LogP contribution is 2.39. The number of ether oxygens (including phenoxy) is 2. The van der Waals surface area contributed by atoms with Crippen LogP contribution >= 0.6 is 47.8 Å². The number of benzene rings is 1. The first-order valence-corrected chi connectivity index (χ1v) is 8.48. The SMILES string of the molecule is COc1cc(Br)c(Oc2c(CBr)c(C)nn2C)cc1Br. The number of rotatable bonds is 4. The summed E-state index contributed by atoms with van der Waals surface area (Å²) in [4.78, 5) is 0. The molecular weight excluding hydrogens is 456 g/mol. The molecule has 0 aliphatic heterocycles. The Hall–Kier alpha value is -0.530. The van der Waals surface area contributed by atoms with Crippen LogP contribution in [0.1, 0.15) is 11.3 Å². The molecule has 1 heterocycles. The minimum Gasteiger partial charge on any atom is -0.496 e. The minimum atomic E-state index is 0.691. The Morgan fingerprint density at radius 2 is 1.80 bits per heavy atom. The third kappa shape index (κ3) is 3.04. The lowest BCUT2D eigenvalue weighted by Crippen LogP contribution is -1.97. The lowest BCUT2D eigenvalue weighted by atomic mass is 10.3. The van der Waals surface area contributed by atoms with Crippen LogP contribution in [-0.4, -0.2) is 16.9 Å². The number of hydrogen-bond donors (Lipinski definition) is 0. The van der Waals surface area contributed by atoms with Gasteiger partial charge in [-0.1, -0.05) is 15.9 Å². The second kappa shape index (κ2) is 6.49. The van der Waals surface area contributed by atoms with Crippen molar-refractivity contribution in [1.29, 1.82) is 0 Å². The van der Waals surface area contributed by atoms with Gasteiger partial charge in [-0.2, -0.15) is 5.10 Å². The van der Waals surface area contributed by atoms with E-state index >= 15 is 0 Å². The molecule has 0 fully saturated rings. The Labute approximate surface area is 142 Å². The molecule has 0 amide bonds. The summed E-state index contributed by atoms with van der Waals surface area (Å²) in [6.07, 6.45) is 0. The fourth-order valence-electron chi connectivity index (χ4n) is 1.81.